The monoisotopic (exact) mass is 142 g/mol. The number of ether oxygens (including phenoxy) is 1. The van der Waals surface area contributed by atoms with Crippen molar-refractivity contribution < 1.29 is 9.53 Å². The van der Waals surface area contributed by atoms with Crippen LogP contribution in [0.2, 0.25) is 0 Å². The van der Waals surface area contributed by atoms with Gasteiger partial charge in [-0.1, -0.05) is 13.8 Å². The summed E-state index contributed by atoms with van der Waals surface area (Å²) in [7, 11) is 0. The Morgan fingerprint density at radius 2 is 2.00 bits per heavy atom. The van der Waals surface area contributed by atoms with Gasteiger partial charge in [-0.15, -0.1) is 0 Å². The van der Waals surface area contributed by atoms with Crippen LogP contribution in [0.4, 0.5) is 0 Å². The Kier molecular flexibility index (Phi) is 1.97. The standard InChI is InChI=1S/C8H14O2/c1-5-4-8(9)10-7(3)6(5)2/h5-7H,4H2,1-3H3. The van der Waals surface area contributed by atoms with E-state index in [-0.39, 0.29) is 12.1 Å². The predicted octanol–water partition coefficient (Wildman–Crippen LogP) is 1.59. The SMILES string of the molecule is CC1CC(=O)OC(C)C1C. The molecule has 0 aromatic carbocycles. The molecule has 0 amide bonds. The van der Waals surface area contributed by atoms with E-state index in [4.69, 9.17) is 4.74 Å². The molecule has 0 aromatic rings. The van der Waals surface area contributed by atoms with Gasteiger partial charge in [-0.3, -0.25) is 4.79 Å². The fourth-order valence-electron chi connectivity index (χ4n) is 1.27. The molecule has 10 heavy (non-hydrogen) atoms. The van der Waals surface area contributed by atoms with E-state index < -0.39 is 0 Å². The first-order valence-corrected chi connectivity index (χ1v) is 3.80. The minimum atomic E-state index is -0.0434. The Balaban J connectivity index is 2.57. The minimum Gasteiger partial charge on any atom is -0.462 e. The molecule has 3 atom stereocenters. The van der Waals surface area contributed by atoms with Gasteiger partial charge in [-0.25, -0.2) is 0 Å². The fourth-order valence-corrected chi connectivity index (χ4v) is 1.27. The molecular weight excluding hydrogens is 128 g/mol. The molecular formula is C8H14O2. The van der Waals surface area contributed by atoms with E-state index in [1.165, 1.54) is 0 Å². The molecule has 1 aliphatic rings. The number of cyclic esters (lactones) is 1. The van der Waals surface area contributed by atoms with Crippen LogP contribution in [0.15, 0.2) is 0 Å². The molecule has 0 bridgehead atoms. The largest absolute Gasteiger partial charge is 0.462 e. The van der Waals surface area contributed by atoms with Gasteiger partial charge in [0, 0.05) is 6.42 Å². The first kappa shape index (κ1) is 7.58. The van der Waals surface area contributed by atoms with Crippen LogP contribution in [-0.2, 0) is 9.53 Å². The molecule has 58 valence electrons. The van der Waals surface area contributed by atoms with Crippen LogP contribution < -0.4 is 0 Å². The topological polar surface area (TPSA) is 26.3 Å². The summed E-state index contributed by atoms with van der Waals surface area (Å²) in [6, 6.07) is 0. The molecule has 1 saturated heterocycles. The molecule has 1 aliphatic heterocycles. The molecule has 0 aromatic heterocycles. The summed E-state index contributed by atoms with van der Waals surface area (Å²) in [5.41, 5.74) is 0. The fraction of sp³-hybridized carbons (Fsp3) is 0.875. The second kappa shape index (κ2) is 2.60. The van der Waals surface area contributed by atoms with Crippen molar-refractivity contribution in [1.29, 1.82) is 0 Å². The molecule has 0 radical (unpaired) electrons. The molecule has 1 rings (SSSR count). The van der Waals surface area contributed by atoms with E-state index in [0.717, 1.165) is 0 Å². The van der Waals surface area contributed by atoms with Crippen LogP contribution in [0.25, 0.3) is 0 Å². The molecule has 3 unspecified atom stereocenters. The number of carbonyl (C=O) groups excluding carboxylic acids is 1. The third kappa shape index (κ3) is 1.31. The summed E-state index contributed by atoms with van der Waals surface area (Å²) >= 11 is 0. The van der Waals surface area contributed by atoms with Crippen molar-refractivity contribution in [2.24, 2.45) is 11.8 Å². The van der Waals surface area contributed by atoms with Gasteiger partial charge in [0.1, 0.15) is 6.10 Å². The van der Waals surface area contributed by atoms with E-state index >= 15 is 0 Å². The van der Waals surface area contributed by atoms with Crippen LogP contribution in [0.1, 0.15) is 27.2 Å². The van der Waals surface area contributed by atoms with Gasteiger partial charge in [0.25, 0.3) is 0 Å². The van der Waals surface area contributed by atoms with Crippen LogP contribution in [-0.4, -0.2) is 12.1 Å². The van der Waals surface area contributed by atoms with Gasteiger partial charge in [-0.2, -0.15) is 0 Å². The summed E-state index contributed by atoms with van der Waals surface area (Å²) in [5, 5.41) is 0. The lowest BCUT2D eigenvalue weighted by Crippen LogP contribution is -2.34. The minimum absolute atomic E-state index is 0.0434. The Labute approximate surface area is 61.6 Å². The Bertz CT molecular complexity index is 128. The van der Waals surface area contributed by atoms with Gasteiger partial charge in [0.05, 0.1) is 0 Å². The third-order valence-electron chi connectivity index (χ3n) is 2.44. The zero-order valence-corrected chi connectivity index (χ0v) is 6.76. The molecule has 2 heteroatoms. The maximum Gasteiger partial charge on any atom is 0.306 e. The zero-order valence-electron chi connectivity index (χ0n) is 6.76. The van der Waals surface area contributed by atoms with Gasteiger partial charge in [-0.05, 0) is 18.8 Å². The summed E-state index contributed by atoms with van der Waals surface area (Å²) in [5.74, 6) is 0.951. The number of esters is 1. The first-order chi connectivity index (χ1) is 4.61. The molecule has 1 heterocycles. The summed E-state index contributed by atoms with van der Waals surface area (Å²) in [6.45, 7) is 6.18. The highest BCUT2D eigenvalue weighted by Crippen LogP contribution is 2.26. The van der Waals surface area contributed by atoms with Crippen molar-refractivity contribution in [1.82, 2.24) is 0 Å². The lowest BCUT2D eigenvalue weighted by molar-refractivity contribution is -0.159. The average molecular weight is 142 g/mol. The average Bonchev–Trinajstić information content (AvgIpc) is 1.82. The van der Waals surface area contributed by atoms with Crippen LogP contribution >= 0.6 is 0 Å². The Morgan fingerprint density at radius 1 is 1.40 bits per heavy atom. The van der Waals surface area contributed by atoms with Crippen LogP contribution in [0.5, 0.6) is 0 Å². The zero-order chi connectivity index (χ0) is 7.72. The molecule has 1 fully saturated rings. The van der Waals surface area contributed by atoms with Gasteiger partial charge in [0.2, 0.25) is 0 Å². The normalized spacial score (nSPS) is 41.1. The van der Waals surface area contributed by atoms with E-state index in [9.17, 15) is 4.79 Å². The van der Waals surface area contributed by atoms with E-state index in [0.29, 0.717) is 18.3 Å². The second-order valence-electron chi connectivity index (χ2n) is 3.24. The van der Waals surface area contributed by atoms with Crippen LogP contribution in [0.3, 0.4) is 0 Å². The molecule has 0 aliphatic carbocycles. The smallest absolute Gasteiger partial charge is 0.306 e. The lowest BCUT2D eigenvalue weighted by atomic mass is 9.87. The number of hydrogen-bond donors (Lipinski definition) is 0. The third-order valence-corrected chi connectivity index (χ3v) is 2.44. The highest BCUT2D eigenvalue weighted by Gasteiger charge is 2.29. The number of carbonyl (C=O) groups is 1. The maximum atomic E-state index is 10.8. The molecule has 0 saturated carbocycles. The lowest BCUT2D eigenvalue weighted by Gasteiger charge is -2.30. The van der Waals surface area contributed by atoms with Crippen LogP contribution in [0, 0.1) is 11.8 Å². The highest BCUT2D eigenvalue weighted by atomic mass is 16.5. The van der Waals surface area contributed by atoms with E-state index in [1.807, 2.05) is 6.92 Å². The molecule has 0 N–H and O–H groups in total. The van der Waals surface area contributed by atoms with Crippen molar-refractivity contribution in [2.75, 3.05) is 0 Å². The van der Waals surface area contributed by atoms with Crippen molar-refractivity contribution in [2.45, 2.75) is 33.3 Å². The van der Waals surface area contributed by atoms with E-state index in [2.05, 4.69) is 13.8 Å². The second-order valence-corrected chi connectivity index (χ2v) is 3.24. The Hall–Kier alpha value is -0.530. The maximum absolute atomic E-state index is 10.8. The molecule has 0 spiro atoms. The number of rotatable bonds is 0. The first-order valence-electron chi connectivity index (χ1n) is 3.80. The molecule has 2 nitrogen and oxygen atoms in total. The van der Waals surface area contributed by atoms with Crippen molar-refractivity contribution in [3.05, 3.63) is 0 Å². The summed E-state index contributed by atoms with van der Waals surface area (Å²) in [6.07, 6.45) is 0.696. The van der Waals surface area contributed by atoms with E-state index in [1.54, 1.807) is 0 Å². The van der Waals surface area contributed by atoms with Crippen molar-refractivity contribution in [3.63, 3.8) is 0 Å². The van der Waals surface area contributed by atoms with Gasteiger partial charge >= 0.3 is 5.97 Å². The van der Waals surface area contributed by atoms with Crippen molar-refractivity contribution >= 4 is 5.97 Å². The predicted molar refractivity (Wildman–Crippen MR) is 38.5 cm³/mol. The highest BCUT2D eigenvalue weighted by molar-refractivity contribution is 5.70. The summed E-state index contributed by atoms with van der Waals surface area (Å²) < 4.78 is 5.03. The Morgan fingerprint density at radius 3 is 2.50 bits per heavy atom. The number of hydrogen-bond acceptors (Lipinski definition) is 2. The van der Waals surface area contributed by atoms with Gasteiger partial charge < -0.3 is 4.74 Å². The summed E-state index contributed by atoms with van der Waals surface area (Å²) in [4.78, 5) is 10.8. The van der Waals surface area contributed by atoms with Gasteiger partial charge in [0.15, 0.2) is 0 Å². The quantitative estimate of drug-likeness (QED) is 0.480. The van der Waals surface area contributed by atoms with Crippen molar-refractivity contribution in [3.8, 4) is 0 Å².